The van der Waals surface area contributed by atoms with E-state index in [9.17, 15) is 9.90 Å². The van der Waals surface area contributed by atoms with Gasteiger partial charge >= 0.3 is 5.97 Å². The summed E-state index contributed by atoms with van der Waals surface area (Å²) in [6, 6.07) is 1.82. The fourth-order valence-corrected chi connectivity index (χ4v) is 3.93. The zero-order valence-electron chi connectivity index (χ0n) is 15.1. The highest BCUT2D eigenvalue weighted by atomic mass is 35.5. The van der Waals surface area contributed by atoms with Gasteiger partial charge < -0.3 is 9.63 Å². The highest BCUT2D eigenvalue weighted by Crippen LogP contribution is 2.37. The van der Waals surface area contributed by atoms with Crippen LogP contribution in [0, 0.1) is 11.8 Å². The molecule has 0 amide bonds. The Kier molecular flexibility index (Phi) is 5.91. The third-order valence-corrected chi connectivity index (χ3v) is 5.47. The molecule has 3 rings (SSSR count). The summed E-state index contributed by atoms with van der Waals surface area (Å²) in [5.41, 5.74) is 2.00. The Labute approximate surface area is 158 Å². The van der Waals surface area contributed by atoms with Crippen molar-refractivity contribution in [2.24, 2.45) is 11.8 Å². The average molecular weight is 378 g/mol. The summed E-state index contributed by atoms with van der Waals surface area (Å²) in [5.74, 6) is -0.0708. The van der Waals surface area contributed by atoms with E-state index in [1.165, 1.54) is 0 Å². The van der Waals surface area contributed by atoms with Crippen LogP contribution in [-0.2, 0) is 11.2 Å². The smallest absolute Gasteiger partial charge is 0.314 e. The third-order valence-electron chi connectivity index (χ3n) is 5.27. The Bertz CT molecular complexity index is 737. The lowest BCUT2D eigenvalue weighted by Gasteiger charge is -2.27. The van der Waals surface area contributed by atoms with Crippen LogP contribution in [-0.4, -0.2) is 26.2 Å². The number of carboxylic acids is 1. The molecule has 1 N–H and O–H groups in total. The molecular weight excluding hydrogens is 354 g/mol. The zero-order chi connectivity index (χ0) is 18.7. The van der Waals surface area contributed by atoms with Crippen LogP contribution in [0.15, 0.2) is 23.0 Å². The van der Waals surface area contributed by atoms with Gasteiger partial charge in [-0.05, 0) is 67.0 Å². The van der Waals surface area contributed by atoms with E-state index in [1.807, 2.05) is 32.3 Å². The number of rotatable bonds is 6. The molecular formula is C19H24ClN3O3. The van der Waals surface area contributed by atoms with Gasteiger partial charge in [0, 0.05) is 18.5 Å². The molecule has 1 atom stereocenters. The molecule has 0 spiro atoms. The van der Waals surface area contributed by atoms with Crippen molar-refractivity contribution < 1.29 is 14.4 Å². The first kappa shape index (κ1) is 18.8. The number of aromatic nitrogens is 3. The largest absolute Gasteiger partial charge is 0.481 e. The van der Waals surface area contributed by atoms with E-state index in [4.69, 9.17) is 16.1 Å². The number of nitrogens with zero attached hydrogens (tertiary/aromatic N) is 3. The Balaban J connectivity index is 1.56. The molecule has 2 aromatic rings. The molecule has 1 aliphatic rings. The Morgan fingerprint density at radius 2 is 1.92 bits per heavy atom. The Morgan fingerprint density at radius 1 is 1.27 bits per heavy atom. The van der Waals surface area contributed by atoms with Gasteiger partial charge in [-0.25, -0.2) is 9.97 Å². The molecule has 1 fully saturated rings. The third kappa shape index (κ3) is 4.41. The highest BCUT2D eigenvalue weighted by molar-refractivity contribution is 6.28. The van der Waals surface area contributed by atoms with E-state index in [0.29, 0.717) is 17.6 Å². The van der Waals surface area contributed by atoms with E-state index in [1.54, 1.807) is 0 Å². The molecule has 6 nitrogen and oxygen atoms in total. The van der Waals surface area contributed by atoms with Gasteiger partial charge in [-0.3, -0.25) is 4.79 Å². The van der Waals surface area contributed by atoms with Gasteiger partial charge in [0.05, 0.1) is 5.69 Å². The number of carboxylic acid groups (broad SMARTS) is 1. The van der Waals surface area contributed by atoms with E-state index in [0.717, 1.165) is 43.4 Å². The normalized spacial score (nSPS) is 21.7. The summed E-state index contributed by atoms with van der Waals surface area (Å²) >= 11 is 5.75. The summed E-state index contributed by atoms with van der Waals surface area (Å²) in [7, 11) is 0. The van der Waals surface area contributed by atoms with Crippen LogP contribution in [0.3, 0.4) is 0 Å². The molecule has 7 heteroatoms. The Morgan fingerprint density at radius 3 is 2.50 bits per heavy atom. The van der Waals surface area contributed by atoms with Crippen LogP contribution in [0.5, 0.6) is 0 Å². The number of carbonyl (C=O) groups is 1. The van der Waals surface area contributed by atoms with E-state index >= 15 is 0 Å². The molecule has 0 bridgehead atoms. The second-order valence-electron chi connectivity index (χ2n) is 7.49. The van der Waals surface area contributed by atoms with Crippen LogP contribution in [0.25, 0.3) is 0 Å². The standard InChI is InChI=1S/C19H24ClN3O3/c1-11(2)17(18(24)25)16-8-15(23-26-16)7-12-3-5-13(6-4-12)14-9-21-19(20)22-10-14/h8-13,17H,3-7H2,1-2H3,(H,24,25). The maximum atomic E-state index is 11.4. The predicted octanol–water partition coefficient (Wildman–Crippen LogP) is 4.46. The summed E-state index contributed by atoms with van der Waals surface area (Å²) in [6.07, 6.45) is 8.85. The molecule has 0 aliphatic heterocycles. The lowest BCUT2D eigenvalue weighted by atomic mass is 9.78. The number of hydrogen-bond acceptors (Lipinski definition) is 5. The van der Waals surface area contributed by atoms with Crippen molar-refractivity contribution in [3.63, 3.8) is 0 Å². The molecule has 140 valence electrons. The molecule has 1 unspecified atom stereocenters. The lowest BCUT2D eigenvalue weighted by Crippen LogP contribution is -2.17. The van der Waals surface area contributed by atoms with Gasteiger partial charge in [0.2, 0.25) is 5.28 Å². The number of halogens is 1. The fraction of sp³-hybridized carbons (Fsp3) is 0.579. The van der Waals surface area contributed by atoms with Gasteiger partial charge in [0.15, 0.2) is 5.76 Å². The van der Waals surface area contributed by atoms with Crippen molar-refractivity contribution in [3.8, 4) is 0 Å². The molecule has 26 heavy (non-hydrogen) atoms. The first-order valence-corrected chi connectivity index (χ1v) is 9.47. The molecule has 0 aromatic carbocycles. The zero-order valence-corrected chi connectivity index (χ0v) is 15.8. The van der Waals surface area contributed by atoms with Gasteiger partial charge in [-0.15, -0.1) is 0 Å². The topological polar surface area (TPSA) is 89.1 Å². The van der Waals surface area contributed by atoms with Gasteiger partial charge in [-0.1, -0.05) is 19.0 Å². The maximum Gasteiger partial charge on any atom is 0.314 e. The highest BCUT2D eigenvalue weighted by Gasteiger charge is 2.29. The van der Waals surface area contributed by atoms with Crippen molar-refractivity contribution >= 4 is 17.6 Å². The van der Waals surface area contributed by atoms with Crippen LogP contribution in [0.1, 0.15) is 68.4 Å². The lowest BCUT2D eigenvalue weighted by molar-refractivity contribution is -0.140. The van der Waals surface area contributed by atoms with E-state index < -0.39 is 11.9 Å². The van der Waals surface area contributed by atoms with Gasteiger partial charge in [-0.2, -0.15) is 0 Å². The second kappa shape index (κ2) is 8.16. The van der Waals surface area contributed by atoms with E-state index in [2.05, 4.69) is 15.1 Å². The molecule has 0 radical (unpaired) electrons. The molecule has 2 heterocycles. The summed E-state index contributed by atoms with van der Waals surface area (Å²) in [6.45, 7) is 3.76. The fourth-order valence-electron chi connectivity index (χ4n) is 3.84. The summed E-state index contributed by atoms with van der Waals surface area (Å²) in [4.78, 5) is 19.6. The van der Waals surface area contributed by atoms with Gasteiger partial charge in [0.1, 0.15) is 5.92 Å². The Hall–Kier alpha value is -1.95. The van der Waals surface area contributed by atoms with Crippen LogP contribution in [0.4, 0.5) is 0 Å². The average Bonchev–Trinajstić information content (AvgIpc) is 3.03. The van der Waals surface area contributed by atoms with Crippen LogP contribution < -0.4 is 0 Å². The second-order valence-corrected chi connectivity index (χ2v) is 7.83. The van der Waals surface area contributed by atoms with Crippen molar-refractivity contribution in [1.82, 2.24) is 15.1 Å². The molecule has 1 aliphatic carbocycles. The molecule has 1 saturated carbocycles. The minimum Gasteiger partial charge on any atom is -0.481 e. The number of aliphatic carboxylic acids is 1. The van der Waals surface area contributed by atoms with Crippen LogP contribution >= 0.6 is 11.6 Å². The molecule has 2 aromatic heterocycles. The SMILES string of the molecule is CC(C)C(C(=O)O)c1cc(CC2CCC(c3cnc(Cl)nc3)CC2)no1. The summed E-state index contributed by atoms with van der Waals surface area (Å²) in [5, 5.41) is 13.8. The maximum absolute atomic E-state index is 11.4. The first-order chi connectivity index (χ1) is 12.4. The van der Waals surface area contributed by atoms with Crippen molar-refractivity contribution in [3.05, 3.63) is 40.8 Å². The number of hydrogen-bond donors (Lipinski definition) is 1. The quantitative estimate of drug-likeness (QED) is 0.747. The predicted molar refractivity (Wildman–Crippen MR) is 97.2 cm³/mol. The van der Waals surface area contributed by atoms with Crippen molar-refractivity contribution in [2.75, 3.05) is 0 Å². The van der Waals surface area contributed by atoms with Crippen molar-refractivity contribution in [2.45, 2.75) is 57.8 Å². The minimum absolute atomic E-state index is 0.0367. The van der Waals surface area contributed by atoms with E-state index in [-0.39, 0.29) is 11.2 Å². The minimum atomic E-state index is -0.867. The van der Waals surface area contributed by atoms with Crippen molar-refractivity contribution in [1.29, 1.82) is 0 Å². The molecule has 0 saturated heterocycles. The van der Waals surface area contributed by atoms with Crippen LogP contribution in [0.2, 0.25) is 5.28 Å². The first-order valence-electron chi connectivity index (χ1n) is 9.09. The summed E-state index contributed by atoms with van der Waals surface area (Å²) < 4.78 is 5.33. The monoisotopic (exact) mass is 377 g/mol. The van der Waals surface area contributed by atoms with Gasteiger partial charge in [0.25, 0.3) is 0 Å².